The van der Waals surface area contributed by atoms with Crippen LogP contribution >= 0.6 is 0 Å². The summed E-state index contributed by atoms with van der Waals surface area (Å²) in [6.45, 7) is 4.60. The first-order valence-electron chi connectivity index (χ1n) is 12.5. The van der Waals surface area contributed by atoms with Crippen molar-refractivity contribution in [3.05, 3.63) is 59.7 Å². The molecule has 186 valence electrons. The fourth-order valence-electron chi connectivity index (χ4n) is 5.39. The highest BCUT2D eigenvalue weighted by molar-refractivity contribution is 5.79. The van der Waals surface area contributed by atoms with Gasteiger partial charge in [0.25, 0.3) is 0 Å². The molecule has 1 aliphatic carbocycles. The van der Waals surface area contributed by atoms with Gasteiger partial charge in [-0.25, -0.2) is 4.79 Å². The lowest BCUT2D eigenvalue weighted by molar-refractivity contribution is -0.147. The number of likely N-dealkylation sites (tertiary alicyclic amines) is 1. The molecule has 4 rings (SSSR count). The van der Waals surface area contributed by atoms with Gasteiger partial charge in [-0.3, -0.25) is 9.59 Å². The minimum absolute atomic E-state index is 0.00465. The lowest BCUT2D eigenvalue weighted by Crippen LogP contribution is -2.46. The fourth-order valence-corrected chi connectivity index (χ4v) is 5.39. The lowest BCUT2D eigenvalue weighted by atomic mass is 9.91. The van der Waals surface area contributed by atoms with Gasteiger partial charge in [0.1, 0.15) is 6.61 Å². The Balaban J connectivity index is 1.27. The first-order valence-corrected chi connectivity index (χ1v) is 12.5. The maximum atomic E-state index is 12.8. The van der Waals surface area contributed by atoms with E-state index in [-0.39, 0.29) is 36.4 Å². The van der Waals surface area contributed by atoms with Crippen molar-refractivity contribution in [2.75, 3.05) is 13.2 Å². The van der Waals surface area contributed by atoms with Crippen LogP contribution in [0.1, 0.15) is 63.0 Å². The average Bonchev–Trinajstić information content (AvgIpc) is 3.18. The number of benzene rings is 2. The third-order valence-electron chi connectivity index (χ3n) is 7.41. The summed E-state index contributed by atoms with van der Waals surface area (Å²) in [5.74, 6) is -1.16. The maximum Gasteiger partial charge on any atom is 0.407 e. The molecule has 1 saturated heterocycles. The summed E-state index contributed by atoms with van der Waals surface area (Å²) in [7, 11) is 0. The van der Waals surface area contributed by atoms with Crippen LogP contribution in [0.2, 0.25) is 0 Å². The van der Waals surface area contributed by atoms with Crippen molar-refractivity contribution in [2.24, 2.45) is 5.92 Å². The van der Waals surface area contributed by atoms with E-state index in [9.17, 15) is 19.5 Å². The van der Waals surface area contributed by atoms with Crippen molar-refractivity contribution in [2.45, 2.75) is 64.0 Å². The summed E-state index contributed by atoms with van der Waals surface area (Å²) >= 11 is 0. The number of nitrogens with zero attached hydrogens (tertiary/aromatic N) is 1. The molecular formula is C28H34N2O5. The quantitative estimate of drug-likeness (QED) is 0.568. The molecule has 1 aliphatic heterocycles. The van der Waals surface area contributed by atoms with Crippen LogP contribution in [0.5, 0.6) is 0 Å². The number of carbonyl (C=O) groups excluding carboxylic acids is 2. The second-order valence-corrected chi connectivity index (χ2v) is 9.61. The van der Waals surface area contributed by atoms with Crippen LogP contribution in [0.15, 0.2) is 48.5 Å². The summed E-state index contributed by atoms with van der Waals surface area (Å²) in [5, 5.41) is 12.1. The van der Waals surface area contributed by atoms with Gasteiger partial charge in [-0.05, 0) is 54.9 Å². The molecule has 2 aromatic rings. The van der Waals surface area contributed by atoms with Gasteiger partial charge in [0, 0.05) is 31.0 Å². The third kappa shape index (κ3) is 5.50. The van der Waals surface area contributed by atoms with Gasteiger partial charge < -0.3 is 20.1 Å². The van der Waals surface area contributed by atoms with Crippen LogP contribution in [0.25, 0.3) is 11.1 Å². The number of ether oxygens (including phenoxy) is 1. The Labute approximate surface area is 206 Å². The molecule has 2 aliphatic rings. The molecule has 0 aromatic heterocycles. The van der Waals surface area contributed by atoms with Crippen molar-refractivity contribution in [3.63, 3.8) is 0 Å². The zero-order chi connectivity index (χ0) is 24.9. The zero-order valence-electron chi connectivity index (χ0n) is 20.4. The van der Waals surface area contributed by atoms with Crippen molar-refractivity contribution in [1.29, 1.82) is 0 Å². The largest absolute Gasteiger partial charge is 0.481 e. The van der Waals surface area contributed by atoms with E-state index in [4.69, 9.17) is 4.74 Å². The van der Waals surface area contributed by atoms with Gasteiger partial charge >= 0.3 is 12.1 Å². The molecule has 2 amide bonds. The molecule has 0 spiro atoms. The monoisotopic (exact) mass is 478 g/mol. The van der Waals surface area contributed by atoms with Crippen LogP contribution in [0.3, 0.4) is 0 Å². The molecule has 0 bridgehead atoms. The highest BCUT2D eigenvalue weighted by atomic mass is 16.5. The number of amides is 2. The summed E-state index contributed by atoms with van der Waals surface area (Å²) < 4.78 is 5.65. The Bertz CT molecular complexity index is 1040. The second-order valence-electron chi connectivity index (χ2n) is 9.61. The zero-order valence-corrected chi connectivity index (χ0v) is 20.4. The molecule has 1 fully saturated rings. The minimum atomic E-state index is -0.790. The maximum absolute atomic E-state index is 12.8. The Morgan fingerprint density at radius 2 is 1.71 bits per heavy atom. The smallest absolute Gasteiger partial charge is 0.407 e. The average molecular weight is 479 g/mol. The van der Waals surface area contributed by atoms with Crippen LogP contribution in [0, 0.1) is 5.92 Å². The Morgan fingerprint density at radius 1 is 1.09 bits per heavy atom. The normalized spacial score (nSPS) is 20.0. The predicted molar refractivity (Wildman–Crippen MR) is 133 cm³/mol. The molecule has 7 nitrogen and oxygen atoms in total. The first-order chi connectivity index (χ1) is 16.9. The van der Waals surface area contributed by atoms with Crippen molar-refractivity contribution in [1.82, 2.24) is 10.2 Å². The Hall–Kier alpha value is -3.35. The number of hydrogen-bond acceptors (Lipinski definition) is 4. The minimum Gasteiger partial charge on any atom is -0.481 e. The van der Waals surface area contributed by atoms with Gasteiger partial charge in [-0.15, -0.1) is 0 Å². The molecular weight excluding hydrogens is 444 g/mol. The molecule has 1 unspecified atom stereocenters. The highest BCUT2D eigenvalue weighted by Gasteiger charge is 2.32. The van der Waals surface area contributed by atoms with E-state index in [0.717, 1.165) is 0 Å². The molecule has 3 atom stereocenters. The molecule has 0 saturated carbocycles. The van der Waals surface area contributed by atoms with Crippen LogP contribution < -0.4 is 5.32 Å². The number of nitrogens with one attached hydrogen (secondary N) is 1. The van der Waals surface area contributed by atoms with E-state index in [1.165, 1.54) is 22.3 Å². The summed E-state index contributed by atoms with van der Waals surface area (Å²) in [4.78, 5) is 38.4. The van der Waals surface area contributed by atoms with Gasteiger partial charge in [0.15, 0.2) is 0 Å². The van der Waals surface area contributed by atoms with E-state index >= 15 is 0 Å². The van der Waals surface area contributed by atoms with Gasteiger partial charge in [0.05, 0.1) is 5.92 Å². The summed E-state index contributed by atoms with van der Waals surface area (Å²) in [6, 6.07) is 16.2. The van der Waals surface area contributed by atoms with Gasteiger partial charge in [-0.1, -0.05) is 55.5 Å². The van der Waals surface area contributed by atoms with E-state index in [1.54, 1.807) is 4.90 Å². The molecule has 2 aromatic carbocycles. The second kappa shape index (κ2) is 10.9. The van der Waals surface area contributed by atoms with Crippen molar-refractivity contribution < 1.29 is 24.2 Å². The SMILES string of the molecule is CCC(CCC(=O)N1CC[C@@H](C(=O)O)C[C@H]1C)NC(=O)OCC1c2ccccc2-c2ccccc21. The van der Waals surface area contributed by atoms with E-state index in [0.29, 0.717) is 38.6 Å². The number of rotatable bonds is 8. The number of carboxylic acid groups (broad SMARTS) is 1. The molecule has 35 heavy (non-hydrogen) atoms. The molecule has 1 heterocycles. The standard InChI is InChI=1S/C28H34N2O5/c1-3-20(12-13-26(31)30-15-14-19(27(32)33)16-18(30)2)29-28(34)35-17-25-23-10-6-4-8-21(23)22-9-5-7-11-24(22)25/h4-11,18-20,25H,3,12-17H2,1-2H3,(H,29,34)(H,32,33)/t18-,19-,20?/m1/s1. The van der Waals surface area contributed by atoms with E-state index in [1.807, 2.05) is 38.1 Å². The van der Waals surface area contributed by atoms with Crippen molar-refractivity contribution >= 4 is 18.0 Å². The van der Waals surface area contributed by atoms with Crippen LogP contribution in [0.4, 0.5) is 4.79 Å². The topological polar surface area (TPSA) is 95.9 Å². The number of hydrogen-bond donors (Lipinski definition) is 2. The number of fused-ring (bicyclic) bond motifs is 3. The Kier molecular flexibility index (Phi) is 7.73. The number of alkyl carbamates (subject to hydrolysis) is 1. The number of aliphatic carboxylic acids is 1. The molecule has 0 radical (unpaired) electrons. The van der Waals surface area contributed by atoms with Gasteiger partial charge in [-0.2, -0.15) is 0 Å². The summed E-state index contributed by atoms with van der Waals surface area (Å²) in [6.07, 6.45) is 2.02. The van der Waals surface area contributed by atoms with Gasteiger partial charge in [0.2, 0.25) is 5.91 Å². The number of piperidine rings is 1. The van der Waals surface area contributed by atoms with Crippen LogP contribution in [-0.4, -0.2) is 53.2 Å². The van der Waals surface area contributed by atoms with Crippen LogP contribution in [-0.2, 0) is 14.3 Å². The highest BCUT2D eigenvalue weighted by Crippen LogP contribution is 2.44. The molecule has 2 N–H and O–H groups in total. The fraction of sp³-hybridized carbons (Fsp3) is 0.464. The third-order valence-corrected chi connectivity index (χ3v) is 7.41. The predicted octanol–water partition coefficient (Wildman–Crippen LogP) is 4.80. The first kappa shape index (κ1) is 24.8. The molecule has 7 heteroatoms. The van der Waals surface area contributed by atoms with E-state index < -0.39 is 12.1 Å². The lowest BCUT2D eigenvalue weighted by Gasteiger charge is -2.36. The summed E-state index contributed by atoms with van der Waals surface area (Å²) in [5.41, 5.74) is 4.70. The van der Waals surface area contributed by atoms with Crippen molar-refractivity contribution in [3.8, 4) is 11.1 Å². The Morgan fingerprint density at radius 3 is 2.29 bits per heavy atom. The number of carbonyl (C=O) groups is 3. The number of carboxylic acids is 1. The van der Waals surface area contributed by atoms with E-state index in [2.05, 4.69) is 29.6 Å².